The number of anilines is 2. The number of halogens is 6. The lowest BCUT2D eigenvalue weighted by Gasteiger charge is -2.47. The van der Waals surface area contributed by atoms with E-state index in [-0.39, 0.29) is 17.8 Å². The fraction of sp³-hybridized carbons (Fsp3) is 0.615. The summed E-state index contributed by atoms with van der Waals surface area (Å²) in [6.45, 7) is 0.0472. The maximum absolute atomic E-state index is 13.4. The summed E-state index contributed by atoms with van der Waals surface area (Å²) in [7, 11) is 0. The summed E-state index contributed by atoms with van der Waals surface area (Å²) in [5.41, 5.74) is -2.77. The Hall–Kier alpha value is -4.25. The fourth-order valence-corrected chi connectivity index (χ4v) is 6.81. The van der Waals surface area contributed by atoms with Crippen LogP contribution in [-0.2, 0) is 36.1 Å². The number of aliphatic hydroxyl groups is 4. The standard InChI is InChI=1S/C39H52F6N4O11/c1-2-3-4-5-6-7-8-9-16-29(52)49-30-27(19-50)57-21-26(48-36(55)46-24-14-10-12-22(17-24)38(40,41)42)33(30)59-35-34(32(54)31(53)28(20-51)58-35)60-37(56)47-25-15-11-13-23(18-25)39(43,44)45/h10-15,17-18,26-28,30-35,50-51,53-54H,2-9,16,19-21H2,1H3,(H,47,56)(H,49,52)(H2,46,48,55)/t26?,27?,28?,30-,31-,32-,33+,34?,35-/m0/s1. The molecule has 2 aliphatic heterocycles. The second-order valence-electron chi connectivity index (χ2n) is 14.5. The van der Waals surface area contributed by atoms with Gasteiger partial charge in [-0.25, -0.2) is 9.59 Å². The third-order valence-electron chi connectivity index (χ3n) is 9.97. The minimum absolute atomic E-state index is 0.0311. The molecule has 0 spiro atoms. The summed E-state index contributed by atoms with van der Waals surface area (Å²) >= 11 is 0. The molecule has 4 unspecified atom stereocenters. The summed E-state index contributed by atoms with van der Waals surface area (Å²) in [6.07, 6.45) is -15.6. The number of alkyl halides is 6. The van der Waals surface area contributed by atoms with Crippen LogP contribution >= 0.6 is 0 Å². The van der Waals surface area contributed by atoms with E-state index >= 15 is 0 Å². The SMILES string of the molecule is CCCCCCCCCCC(=O)N[C@H]1C(CO)OCC(NC(=O)Nc2cccc(C(F)(F)F)c2)[C@H]1O[C@@H]1OC(CO)[C@H](O)[C@H](O)C1OC(=O)Nc1cccc(C(F)(F)F)c1. The van der Waals surface area contributed by atoms with Crippen LogP contribution < -0.4 is 21.3 Å². The van der Waals surface area contributed by atoms with E-state index in [1.54, 1.807) is 0 Å². The molecule has 0 radical (unpaired) electrons. The first-order valence-electron chi connectivity index (χ1n) is 19.6. The monoisotopic (exact) mass is 866 g/mol. The average Bonchev–Trinajstić information content (AvgIpc) is 3.19. The summed E-state index contributed by atoms with van der Waals surface area (Å²) in [4.78, 5) is 39.7. The molecule has 8 N–H and O–H groups in total. The minimum Gasteiger partial charge on any atom is -0.438 e. The van der Waals surface area contributed by atoms with Crippen molar-refractivity contribution in [3.05, 3.63) is 59.7 Å². The maximum Gasteiger partial charge on any atom is 0.416 e. The van der Waals surface area contributed by atoms with Crippen molar-refractivity contribution in [2.75, 3.05) is 30.5 Å². The van der Waals surface area contributed by atoms with Crippen LogP contribution in [0.4, 0.5) is 47.3 Å². The first-order chi connectivity index (χ1) is 28.4. The van der Waals surface area contributed by atoms with Crippen molar-refractivity contribution in [2.45, 2.75) is 132 Å². The molecule has 15 nitrogen and oxygen atoms in total. The number of hydrogen-bond donors (Lipinski definition) is 8. The predicted octanol–water partition coefficient (Wildman–Crippen LogP) is 5.06. The van der Waals surface area contributed by atoms with Crippen molar-refractivity contribution in [3.63, 3.8) is 0 Å². The largest absolute Gasteiger partial charge is 0.438 e. The Kier molecular flexibility index (Phi) is 18.2. The van der Waals surface area contributed by atoms with Gasteiger partial charge in [0.1, 0.15) is 30.5 Å². The number of hydrogen-bond acceptors (Lipinski definition) is 11. The minimum atomic E-state index is -4.76. The van der Waals surface area contributed by atoms with Gasteiger partial charge in [-0.05, 0) is 42.8 Å². The normalized spacial score (nSPS) is 25.9. The highest BCUT2D eigenvalue weighted by atomic mass is 19.4. The molecule has 0 bridgehead atoms. The van der Waals surface area contributed by atoms with Crippen LogP contribution in [-0.4, -0.2) is 113 Å². The van der Waals surface area contributed by atoms with Gasteiger partial charge in [-0.2, -0.15) is 26.3 Å². The second-order valence-corrected chi connectivity index (χ2v) is 14.5. The maximum atomic E-state index is 13.4. The van der Waals surface area contributed by atoms with Gasteiger partial charge < -0.3 is 55.3 Å². The highest BCUT2D eigenvalue weighted by molar-refractivity contribution is 5.89. The zero-order valence-corrected chi connectivity index (χ0v) is 32.7. The molecular formula is C39H52F6N4O11. The molecule has 2 fully saturated rings. The number of aliphatic hydroxyl groups excluding tert-OH is 4. The summed E-state index contributed by atoms with van der Waals surface area (Å²) in [5, 5.41) is 51.7. The molecule has 4 rings (SSSR count). The highest BCUT2D eigenvalue weighted by Gasteiger charge is 2.51. The first-order valence-corrected chi connectivity index (χ1v) is 19.6. The third kappa shape index (κ3) is 14.2. The van der Waals surface area contributed by atoms with Crippen molar-refractivity contribution < 1.29 is 80.1 Å². The number of benzene rings is 2. The third-order valence-corrected chi connectivity index (χ3v) is 9.97. The van der Waals surface area contributed by atoms with E-state index in [1.807, 2.05) is 0 Å². The van der Waals surface area contributed by atoms with E-state index in [0.29, 0.717) is 18.6 Å². The molecule has 60 heavy (non-hydrogen) atoms. The molecule has 2 saturated heterocycles. The highest BCUT2D eigenvalue weighted by Crippen LogP contribution is 2.33. The molecule has 0 saturated carbocycles. The van der Waals surface area contributed by atoms with Crippen LogP contribution in [0, 0.1) is 0 Å². The molecule has 0 aromatic heterocycles. The Bertz CT molecular complexity index is 1690. The molecule has 9 atom stereocenters. The van der Waals surface area contributed by atoms with Crippen LogP contribution in [0.2, 0.25) is 0 Å². The van der Waals surface area contributed by atoms with Gasteiger partial charge in [0.15, 0.2) is 12.4 Å². The van der Waals surface area contributed by atoms with E-state index in [1.165, 1.54) is 6.07 Å². The topological polar surface area (TPSA) is 217 Å². The number of carbonyl (C=O) groups excluding carboxylic acids is 3. The number of ether oxygens (including phenoxy) is 4. The smallest absolute Gasteiger partial charge is 0.416 e. The number of nitrogens with one attached hydrogen (secondary N) is 4. The van der Waals surface area contributed by atoms with Crippen molar-refractivity contribution >= 4 is 29.4 Å². The van der Waals surface area contributed by atoms with E-state index in [0.717, 1.165) is 75.3 Å². The van der Waals surface area contributed by atoms with Crippen molar-refractivity contribution in [1.29, 1.82) is 0 Å². The Morgan fingerprint density at radius 1 is 0.750 bits per heavy atom. The van der Waals surface area contributed by atoms with Crippen LogP contribution in [0.5, 0.6) is 0 Å². The molecule has 336 valence electrons. The van der Waals surface area contributed by atoms with Crippen molar-refractivity contribution in [2.24, 2.45) is 0 Å². The average molecular weight is 867 g/mol. The number of rotatable bonds is 18. The zero-order chi connectivity index (χ0) is 44.0. The number of carbonyl (C=O) groups is 3. The van der Waals surface area contributed by atoms with Crippen LogP contribution in [0.15, 0.2) is 48.5 Å². The summed E-state index contributed by atoms with van der Waals surface area (Å²) in [6, 6.07) is 3.52. The van der Waals surface area contributed by atoms with Gasteiger partial charge in [0.05, 0.1) is 43.0 Å². The molecule has 0 aliphatic carbocycles. The lowest BCUT2D eigenvalue weighted by atomic mass is 9.94. The fourth-order valence-electron chi connectivity index (χ4n) is 6.81. The van der Waals surface area contributed by atoms with Crippen molar-refractivity contribution in [1.82, 2.24) is 10.6 Å². The summed E-state index contributed by atoms with van der Waals surface area (Å²) in [5.74, 6) is -0.516. The van der Waals surface area contributed by atoms with Gasteiger partial charge >= 0.3 is 24.5 Å². The Balaban J connectivity index is 1.59. The quantitative estimate of drug-likeness (QED) is 0.0732. The van der Waals surface area contributed by atoms with Gasteiger partial charge in [0, 0.05) is 17.8 Å². The molecule has 2 aliphatic rings. The van der Waals surface area contributed by atoms with Gasteiger partial charge in [0.25, 0.3) is 0 Å². The molecular weight excluding hydrogens is 814 g/mol. The predicted molar refractivity (Wildman–Crippen MR) is 201 cm³/mol. The first kappa shape index (κ1) is 48.4. The lowest BCUT2D eigenvalue weighted by molar-refractivity contribution is -0.319. The van der Waals surface area contributed by atoms with E-state index in [9.17, 15) is 61.2 Å². The molecule has 2 aromatic carbocycles. The Morgan fingerprint density at radius 2 is 1.32 bits per heavy atom. The van der Waals surface area contributed by atoms with E-state index in [2.05, 4.69) is 28.2 Å². The van der Waals surface area contributed by atoms with Crippen LogP contribution in [0.25, 0.3) is 0 Å². The Morgan fingerprint density at radius 3 is 1.88 bits per heavy atom. The number of unbranched alkanes of at least 4 members (excludes halogenated alkanes) is 7. The number of amides is 4. The molecule has 2 heterocycles. The summed E-state index contributed by atoms with van der Waals surface area (Å²) < 4.78 is 103. The van der Waals surface area contributed by atoms with Gasteiger partial charge in [-0.15, -0.1) is 0 Å². The Labute approximate surface area is 342 Å². The van der Waals surface area contributed by atoms with Gasteiger partial charge in [0.2, 0.25) is 5.91 Å². The van der Waals surface area contributed by atoms with Gasteiger partial charge in [-0.1, -0.05) is 64.0 Å². The van der Waals surface area contributed by atoms with Crippen molar-refractivity contribution in [3.8, 4) is 0 Å². The molecule has 2 aromatic rings. The lowest BCUT2D eigenvalue weighted by Crippen LogP contribution is -2.69. The number of urea groups is 1. The van der Waals surface area contributed by atoms with Crippen LogP contribution in [0.3, 0.4) is 0 Å². The van der Waals surface area contributed by atoms with E-state index < -0.39 is 116 Å². The van der Waals surface area contributed by atoms with Crippen LogP contribution in [0.1, 0.15) is 75.8 Å². The van der Waals surface area contributed by atoms with Gasteiger partial charge in [-0.3, -0.25) is 10.1 Å². The molecule has 21 heteroatoms. The van der Waals surface area contributed by atoms with E-state index in [4.69, 9.17) is 18.9 Å². The second kappa shape index (κ2) is 22.6. The molecule has 4 amide bonds. The zero-order valence-electron chi connectivity index (χ0n) is 32.7.